The molecule has 0 amide bonds. The van der Waals surface area contributed by atoms with Gasteiger partial charge in [-0.2, -0.15) is 0 Å². The molecule has 1 rings (SSSR count). The summed E-state index contributed by atoms with van der Waals surface area (Å²) in [6, 6.07) is 9.53. The van der Waals surface area contributed by atoms with Gasteiger partial charge in [-0.25, -0.2) is 0 Å². The molecule has 1 aromatic carbocycles. The van der Waals surface area contributed by atoms with Gasteiger partial charge < -0.3 is 14.9 Å². The lowest BCUT2D eigenvalue weighted by molar-refractivity contribution is -0.143. The Morgan fingerprint density at radius 2 is 2.00 bits per heavy atom. The van der Waals surface area contributed by atoms with E-state index < -0.39 is 18.2 Å². The normalized spacial score (nSPS) is 14.4. The van der Waals surface area contributed by atoms with E-state index in [0.29, 0.717) is 0 Å². The van der Waals surface area contributed by atoms with E-state index >= 15 is 0 Å². The van der Waals surface area contributed by atoms with Crippen LogP contribution in [0.5, 0.6) is 0 Å². The third-order valence-electron chi connectivity index (χ3n) is 2.45. The second-order valence-corrected chi connectivity index (χ2v) is 4.01. The lowest BCUT2D eigenvalue weighted by atomic mass is 10.1. The van der Waals surface area contributed by atoms with Crippen LogP contribution in [0, 0.1) is 0 Å². The summed E-state index contributed by atoms with van der Waals surface area (Å²) in [6.07, 6.45) is 1.69. The number of carbonyl (C=O) groups is 1. The summed E-state index contributed by atoms with van der Waals surface area (Å²) in [5.74, 6) is -0.485. The van der Waals surface area contributed by atoms with E-state index in [0.717, 1.165) is 5.56 Å². The molecular formula is C14H18O4. The Morgan fingerprint density at radius 1 is 1.33 bits per heavy atom. The van der Waals surface area contributed by atoms with Crippen molar-refractivity contribution >= 4 is 12.0 Å². The minimum atomic E-state index is -0.895. The Balaban J connectivity index is 2.39. The summed E-state index contributed by atoms with van der Waals surface area (Å²) < 4.78 is 4.43. The largest absolute Gasteiger partial charge is 0.469 e. The summed E-state index contributed by atoms with van der Waals surface area (Å²) in [7, 11) is 1.26. The molecule has 0 bridgehead atoms. The van der Waals surface area contributed by atoms with Crippen LogP contribution in [-0.2, 0) is 9.53 Å². The molecule has 0 saturated carbocycles. The van der Waals surface area contributed by atoms with Crippen LogP contribution in [0.25, 0.3) is 6.08 Å². The molecule has 0 radical (unpaired) electrons. The molecule has 2 N–H and O–H groups in total. The van der Waals surface area contributed by atoms with E-state index in [2.05, 4.69) is 4.74 Å². The number of aliphatic hydroxyl groups excluding tert-OH is 2. The van der Waals surface area contributed by atoms with Crippen LogP contribution < -0.4 is 0 Å². The molecule has 2 atom stereocenters. The SMILES string of the molecule is COC(=O)CC(O)CC(O)/C=C/c1ccccc1. The predicted octanol–water partition coefficient (Wildman–Crippen LogP) is 1.37. The van der Waals surface area contributed by atoms with E-state index in [1.807, 2.05) is 30.3 Å². The number of hydrogen-bond acceptors (Lipinski definition) is 4. The van der Waals surface area contributed by atoms with Crippen LogP contribution in [0.4, 0.5) is 0 Å². The highest BCUT2D eigenvalue weighted by Crippen LogP contribution is 2.07. The van der Waals surface area contributed by atoms with Gasteiger partial charge in [-0.3, -0.25) is 4.79 Å². The lowest BCUT2D eigenvalue weighted by Gasteiger charge is -2.11. The minimum Gasteiger partial charge on any atom is -0.469 e. The topological polar surface area (TPSA) is 66.8 Å². The maximum absolute atomic E-state index is 10.9. The van der Waals surface area contributed by atoms with Crippen LogP contribution >= 0.6 is 0 Å². The van der Waals surface area contributed by atoms with E-state index in [1.165, 1.54) is 7.11 Å². The molecule has 0 aliphatic carbocycles. The molecule has 2 unspecified atom stereocenters. The fourth-order valence-electron chi connectivity index (χ4n) is 1.50. The van der Waals surface area contributed by atoms with E-state index in [1.54, 1.807) is 12.2 Å². The first-order valence-corrected chi connectivity index (χ1v) is 5.78. The second kappa shape index (κ2) is 7.63. The molecule has 1 aromatic rings. The zero-order valence-electron chi connectivity index (χ0n) is 10.3. The van der Waals surface area contributed by atoms with Crippen molar-refractivity contribution in [1.29, 1.82) is 0 Å². The molecule has 0 spiro atoms. The van der Waals surface area contributed by atoms with Crippen molar-refractivity contribution in [3.05, 3.63) is 42.0 Å². The van der Waals surface area contributed by atoms with E-state index in [9.17, 15) is 15.0 Å². The highest BCUT2D eigenvalue weighted by molar-refractivity contribution is 5.69. The first kappa shape index (κ1) is 14.4. The Kier molecular flexibility index (Phi) is 6.11. The molecule has 0 aliphatic rings. The average Bonchev–Trinajstić information content (AvgIpc) is 2.37. The van der Waals surface area contributed by atoms with Gasteiger partial charge in [0.25, 0.3) is 0 Å². The summed E-state index contributed by atoms with van der Waals surface area (Å²) in [5, 5.41) is 19.2. The first-order valence-electron chi connectivity index (χ1n) is 5.78. The van der Waals surface area contributed by atoms with Crippen molar-refractivity contribution in [2.24, 2.45) is 0 Å². The maximum Gasteiger partial charge on any atom is 0.308 e. The average molecular weight is 250 g/mol. The Labute approximate surface area is 107 Å². The number of aliphatic hydroxyl groups is 2. The highest BCUT2D eigenvalue weighted by Gasteiger charge is 2.14. The Hall–Kier alpha value is -1.65. The maximum atomic E-state index is 10.9. The van der Waals surface area contributed by atoms with Crippen molar-refractivity contribution in [2.75, 3.05) is 7.11 Å². The van der Waals surface area contributed by atoms with Crippen LogP contribution in [0.15, 0.2) is 36.4 Å². The fraction of sp³-hybridized carbons (Fsp3) is 0.357. The van der Waals surface area contributed by atoms with Crippen molar-refractivity contribution in [1.82, 2.24) is 0 Å². The smallest absolute Gasteiger partial charge is 0.308 e. The molecule has 18 heavy (non-hydrogen) atoms. The molecule has 98 valence electrons. The first-order chi connectivity index (χ1) is 8.61. The van der Waals surface area contributed by atoms with Gasteiger partial charge in [0.2, 0.25) is 0 Å². The van der Waals surface area contributed by atoms with Gasteiger partial charge in [0.15, 0.2) is 0 Å². The van der Waals surface area contributed by atoms with E-state index in [4.69, 9.17) is 0 Å². The Morgan fingerprint density at radius 3 is 2.61 bits per heavy atom. The molecular weight excluding hydrogens is 232 g/mol. The van der Waals surface area contributed by atoms with Crippen molar-refractivity contribution < 1.29 is 19.7 Å². The molecule has 0 aliphatic heterocycles. The standard InChI is InChI=1S/C14H18O4/c1-18-14(17)10-13(16)9-12(15)8-7-11-5-3-2-4-6-11/h2-8,12-13,15-16H,9-10H2,1H3/b8-7+. The number of methoxy groups -OCH3 is 1. The number of benzene rings is 1. The van der Waals surface area contributed by atoms with Crippen LogP contribution in [-0.4, -0.2) is 35.5 Å². The van der Waals surface area contributed by atoms with Crippen LogP contribution in [0.2, 0.25) is 0 Å². The van der Waals surface area contributed by atoms with Crippen molar-refractivity contribution in [3.63, 3.8) is 0 Å². The summed E-state index contributed by atoms with van der Waals surface area (Å²) >= 11 is 0. The number of ether oxygens (including phenoxy) is 1. The van der Waals surface area contributed by atoms with Gasteiger partial charge in [0.1, 0.15) is 0 Å². The minimum absolute atomic E-state index is 0.104. The van der Waals surface area contributed by atoms with Crippen LogP contribution in [0.1, 0.15) is 18.4 Å². The van der Waals surface area contributed by atoms with Crippen molar-refractivity contribution in [2.45, 2.75) is 25.0 Å². The third-order valence-corrected chi connectivity index (χ3v) is 2.45. The molecule has 4 heteroatoms. The summed E-state index contributed by atoms with van der Waals surface area (Å²) in [5.41, 5.74) is 0.971. The van der Waals surface area contributed by atoms with Gasteiger partial charge in [-0.15, -0.1) is 0 Å². The van der Waals surface area contributed by atoms with Gasteiger partial charge in [-0.1, -0.05) is 42.5 Å². The zero-order valence-corrected chi connectivity index (χ0v) is 10.3. The van der Waals surface area contributed by atoms with Gasteiger partial charge in [-0.05, 0) is 5.56 Å². The molecule has 0 saturated heterocycles. The molecule has 4 nitrogen and oxygen atoms in total. The lowest BCUT2D eigenvalue weighted by Crippen LogP contribution is -2.20. The zero-order chi connectivity index (χ0) is 13.4. The summed E-state index contributed by atoms with van der Waals surface area (Å²) in [4.78, 5) is 10.9. The van der Waals surface area contributed by atoms with Gasteiger partial charge in [0.05, 0.1) is 25.7 Å². The molecule has 0 fully saturated rings. The number of hydrogen-bond donors (Lipinski definition) is 2. The fourth-order valence-corrected chi connectivity index (χ4v) is 1.50. The van der Waals surface area contributed by atoms with E-state index in [-0.39, 0.29) is 12.8 Å². The number of carbonyl (C=O) groups excluding carboxylic acids is 1. The molecule has 0 aromatic heterocycles. The van der Waals surface area contributed by atoms with Crippen molar-refractivity contribution in [3.8, 4) is 0 Å². The predicted molar refractivity (Wildman–Crippen MR) is 68.7 cm³/mol. The number of rotatable bonds is 6. The highest BCUT2D eigenvalue weighted by atomic mass is 16.5. The third kappa shape index (κ3) is 5.61. The second-order valence-electron chi connectivity index (χ2n) is 4.01. The van der Waals surface area contributed by atoms with Gasteiger partial charge in [0, 0.05) is 6.42 Å². The Bertz CT molecular complexity index is 386. The monoisotopic (exact) mass is 250 g/mol. The number of esters is 1. The quantitative estimate of drug-likeness (QED) is 0.748. The molecule has 0 heterocycles. The van der Waals surface area contributed by atoms with Gasteiger partial charge >= 0.3 is 5.97 Å². The van der Waals surface area contributed by atoms with Crippen LogP contribution in [0.3, 0.4) is 0 Å². The summed E-state index contributed by atoms with van der Waals surface area (Å²) in [6.45, 7) is 0.